The second-order valence-electron chi connectivity index (χ2n) is 6.82. The highest BCUT2D eigenvalue weighted by atomic mass is 35.5. The number of nitrogens with one attached hydrogen (secondary N) is 2. The largest absolute Gasteiger partial charge is 0.377 e. The number of carbonyl (C=O) groups is 1. The number of halogens is 2. The standard InChI is InChI=1S/C17H19ClFN3O4S/c1-10-14(27(24,25)21-17(2)8-26-9-17)7-22(3)15(10)16(23)20-11-4-5-13(19)12(18)6-11/h4-7,21H,8-9H2,1-3H3,(H,20,23). The molecule has 2 N–H and O–H groups in total. The summed E-state index contributed by atoms with van der Waals surface area (Å²) in [5, 5.41) is 2.47. The molecule has 0 unspecified atom stereocenters. The van der Waals surface area contributed by atoms with Crippen LogP contribution in [-0.4, -0.2) is 37.6 Å². The van der Waals surface area contributed by atoms with Gasteiger partial charge in [-0.25, -0.2) is 17.5 Å². The zero-order valence-corrected chi connectivity index (χ0v) is 16.5. The van der Waals surface area contributed by atoms with Crippen LogP contribution in [0.15, 0.2) is 29.3 Å². The van der Waals surface area contributed by atoms with Crippen molar-refractivity contribution in [3.8, 4) is 0 Å². The molecule has 1 aliphatic heterocycles. The first-order chi connectivity index (χ1) is 12.5. The highest BCUT2D eigenvalue weighted by Crippen LogP contribution is 2.26. The zero-order chi connectivity index (χ0) is 20.0. The lowest BCUT2D eigenvalue weighted by molar-refractivity contribution is -0.0523. The Labute approximate surface area is 161 Å². The van der Waals surface area contributed by atoms with Crippen LogP contribution in [0.2, 0.25) is 5.02 Å². The SMILES string of the molecule is Cc1c(S(=O)(=O)NC2(C)COC2)cn(C)c1C(=O)Nc1ccc(F)c(Cl)c1. The molecule has 0 saturated carbocycles. The molecule has 1 fully saturated rings. The molecule has 1 aromatic heterocycles. The maximum atomic E-state index is 13.3. The molecule has 1 aromatic carbocycles. The molecule has 1 saturated heterocycles. The summed E-state index contributed by atoms with van der Waals surface area (Å²) in [4.78, 5) is 12.7. The molecule has 2 aromatic rings. The lowest BCUT2D eigenvalue weighted by Crippen LogP contribution is -2.59. The number of amides is 1. The summed E-state index contributed by atoms with van der Waals surface area (Å²) in [6, 6.07) is 3.79. The Bertz CT molecular complexity index is 1020. The molecule has 1 aliphatic rings. The van der Waals surface area contributed by atoms with Crippen molar-refractivity contribution in [1.29, 1.82) is 0 Å². The smallest absolute Gasteiger partial charge is 0.272 e. The molecule has 0 atom stereocenters. The fourth-order valence-corrected chi connectivity index (χ4v) is 4.78. The molecule has 0 aliphatic carbocycles. The van der Waals surface area contributed by atoms with Gasteiger partial charge in [-0.15, -0.1) is 0 Å². The summed E-state index contributed by atoms with van der Waals surface area (Å²) >= 11 is 5.72. The van der Waals surface area contributed by atoms with E-state index in [0.29, 0.717) is 11.3 Å². The van der Waals surface area contributed by atoms with E-state index in [-0.39, 0.29) is 28.8 Å². The first kappa shape index (κ1) is 19.8. The maximum Gasteiger partial charge on any atom is 0.272 e. The van der Waals surface area contributed by atoms with Crippen molar-refractivity contribution in [3.05, 3.63) is 46.5 Å². The van der Waals surface area contributed by atoms with Crippen LogP contribution in [0.5, 0.6) is 0 Å². The molecule has 0 bridgehead atoms. The van der Waals surface area contributed by atoms with Gasteiger partial charge in [0.05, 0.1) is 23.8 Å². The van der Waals surface area contributed by atoms with Gasteiger partial charge in [0, 0.05) is 18.9 Å². The van der Waals surface area contributed by atoms with Crippen molar-refractivity contribution < 1.29 is 22.3 Å². The first-order valence-corrected chi connectivity index (χ1v) is 9.92. The molecule has 7 nitrogen and oxygen atoms in total. The van der Waals surface area contributed by atoms with E-state index >= 15 is 0 Å². The second-order valence-corrected chi connectivity index (χ2v) is 8.88. The van der Waals surface area contributed by atoms with Crippen LogP contribution in [0.4, 0.5) is 10.1 Å². The van der Waals surface area contributed by atoms with Crippen molar-refractivity contribution in [2.45, 2.75) is 24.3 Å². The van der Waals surface area contributed by atoms with Crippen LogP contribution in [0.25, 0.3) is 0 Å². The summed E-state index contributed by atoms with van der Waals surface area (Å²) in [6.07, 6.45) is 1.38. The minimum atomic E-state index is -3.83. The molecule has 27 heavy (non-hydrogen) atoms. The molecule has 146 valence electrons. The van der Waals surface area contributed by atoms with Crippen molar-refractivity contribution >= 4 is 33.2 Å². The van der Waals surface area contributed by atoms with E-state index < -0.39 is 27.3 Å². The van der Waals surface area contributed by atoms with Crippen LogP contribution in [0.3, 0.4) is 0 Å². The van der Waals surface area contributed by atoms with E-state index in [9.17, 15) is 17.6 Å². The van der Waals surface area contributed by atoms with E-state index in [1.54, 1.807) is 20.9 Å². The van der Waals surface area contributed by atoms with E-state index in [4.69, 9.17) is 16.3 Å². The van der Waals surface area contributed by atoms with E-state index in [1.165, 1.54) is 22.9 Å². The van der Waals surface area contributed by atoms with Crippen LogP contribution in [0, 0.1) is 12.7 Å². The van der Waals surface area contributed by atoms with Gasteiger partial charge in [-0.3, -0.25) is 4.79 Å². The molecule has 10 heteroatoms. The van der Waals surface area contributed by atoms with Gasteiger partial charge in [0.2, 0.25) is 10.0 Å². The van der Waals surface area contributed by atoms with Gasteiger partial charge < -0.3 is 14.6 Å². The van der Waals surface area contributed by atoms with Crippen LogP contribution >= 0.6 is 11.6 Å². The number of sulfonamides is 1. The number of hydrogen-bond donors (Lipinski definition) is 2. The summed E-state index contributed by atoms with van der Waals surface area (Å²) in [7, 11) is -2.26. The van der Waals surface area contributed by atoms with Crippen LogP contribution in [-0.2, 0) is 21.8 Å². The summed E-state index contributed by atoms with van der Waals surface area (Å²) in [5.74, 6) is -1.13. The Balaban J connectivity index is 1.88. The van der Waals surface area contributed by atoms with E-state index in [0.717, 1.165) is 6.07 Å². The average Bonchev–Trinajstić information content (AvgIpc) is 2.84. The Morgan fingerprint density at radius 2 is 2.04 bits per heavy atom. The first-order valence-electron chi connectivity index (χ1n) is 8.06. The Morgan fingerprint density at radius 3 is 2.59 bits per heavy atom. The number of carbonyl (C=O) groups excluding carboxylic acids is 1. The number of hydrogen-bond acceptors (Lipinski definition) is 4. The normalized spacial score (nSPS) is 16.0. The number of benzene rings is 1. The third kappa shape index (κ3) is 3.86. The number of nitrogens with zero attached hydrogens (tertiary/aromatic N) is 1. The zero-order valence-electron chi connectivity index (χ0n) is 15.0. The maximum absolute atomic E-state index is 13.3. The highest BCUT2D eigenvalue weighted by Gasteiger charge is 2.39. The van der Waals surface area contributed by atoms with Gasteiger partial charge in [0.15, 0.2) is 0 Å². The minimum absolute atomic E-state index is 0.0143. The molecule has 0 spiro atoms. The number of anilines is 1. The molecule has 2 heterocycles. The summed E-state index contributed by atoms with van der Waals surface area (Å²) in [5.41, 5.74) is 0.119. The Hall–Kier alpha value is -1.94. The molecular weight excluding hydrogens is 397 g/mol. The molecule has 0 radical (unpaired) electrons. The van der Waals surface area contributed by atoms with E-state index in [1.807, 2.05) is 0 Å². The Morgan fingerprint density at radius 1 is 1.37 bits per heavy atom. The van der Waals surface area contributed by atoms with Crippen molar-refractivity contribution in [1.82, 2.24) is 9.29 Å². The lowest BCUT2D eigenvalue weighted by Gasteiger charge is -2.38. The third-order valence-corrected chi connectivity index (χ3v) is 6.33. The van der Waals surface area contributed by atoms with Gasteiger partial charge in [-0.2, -0.15) is 0 Å². The lowest BCUT2D eigenvalue weighted by atomic mass is 10.0. The number of aryl methyl sites for hydroxylation is 1. The number of ether oxygens (including phenoxy) is 1. The fourth-order valence-electron chi connectivity index (χ4n) is 2.93. The second kappa shape index (κ2) is 6.90. The van der Waals surface area contributed by atoms with Crippen molar-refractivity contribution in [2.75, 3.05) is 18.5 Å². The average molecular weight is 416 g/mol. The number of aromatic nitrogens is 1. The van der Waals surface area contributed by atoms with E-state index in [2.05, 4.69) is 10.0 Å². The van der Waals surface area contributed by atoms with Crippen LogP contribution in [0.1, 0.15) is 23.0 Å². The fraction of sp³-hybridized carbons (Fsp3) is 0.353. The molecule has 1 amide bonds. The predicted octanol–water partition coefficient (Wildman–Crippen LogP) is 2.45. The highest BCUT2D eigenvalue weighted by molar-refractivity contribution is 7.89. The predicted molar refractivity (Wildman–Crippen MR) is 99.1 cm³/mol. The monoisotopic (exact) mass is 415 g/mol. The van der Waals surface area contributed by atoms with Crippen molar-refractivity contribution in [3.63, 3.8) is 0 Å². The van der Waals surface area contributed by atoms with Gasteiger partial charge in [0.1, 0.15) is 16.4 Å². The van der Waals surface area contributed by atoms with Crippen molar-refractivity contribution in [2.24, 2.45) is 7.05 Å². The van der Waals surface area contributed by atoms with Gasteiger partial charge in [-0.1, -0.05) is 11.6 Å². The Kier molecular flexibility index (Phi) is 5.06. The summed E-state index contributed by atoms with van der Waals surface area (Å²) in [6.45, 7) is 3.88. The quantitative estimate of drug-likeness (QED) is 0.785. The molecule has 3 rings (SSSR count). The topological polar surface area (TPSA) is 89.4 Å². The van der Waals surface area contributed by atoms with Gasteiger partial charge in [0.25, 0.3) is 5.91 Å². The molecular formula is C17H19ClFN3O4S. The number of rotatable bonds is 5. The van der Waals surface area contributed by atoms with Gasteiger partial charge in [-0.05, 0) is 37.6 Å². The van der Waals surface area contributed by atoms with Crippen LogP contribution < -0.4 is 10.0 Å². The summed E-state index contributed by atoms with van der Waals surface area (Å²) < 4.78 is 47.8. The minimum Gasteiger partial charge on any atom is -0.377 e. The van der Waals surface area contributed by atoms with Gasteiger partial charge >= 0.3 is 0 Å². The third-order valence-electron chi connectivity index (χ3n) is 4.29.